The smallest absolute Gasteiger partial charge is 0.164 e. The summed E-state index contributed by atoms with van der Waals surface area (Å²) in [5.41, 5.74) is 7.66. The van der Waals surface area contributed by atoms with Gasteiger partial charge in [0.1, 0.15) is 5.58 Å². The zero-order chi connectivity index (χ0) is 34.2. The molecule has 11 rings (SSSR count). The number of hydrogen-bond acceptors (Lipinski definition) is 4. The van der Waals surface area contributed by atoms with E-state index in [-0.39, 0.29) is 0 Å². The quantitative estimate of drug-likeness (QED) is 0.188. The lowest BCUT2D eigenvalue weighted by molar-refractivity contribution is 0.666. The molecule has 0 saturated carbocycles. The second kappa shape index (κ2) is 11.2. The second-order valence-corrected chi connectivity index (χ2v) is 13.2. The summed E-state index contributed by atoms with van der Waals surface area (Å²) < 4.78 is 9.19. The van der Waals surface area contributed by atoms with Gasteiger partial charge in [0, 0.05) is 38.2 Å². The number of benzene rings is 8. The summed E-state index contributed by atoms with van der Waals surface area (Å²) in [4.78, 5) is 15.1. The van der Waals surface area contributed by atoms with Gasteiger partial charge in [0.05, 0.1) is 16.7 Å². The third kappa shape index (κ3) is 4.39. The van der Waals surface area contributed by atoms with Gasteiger partial charge in [0.25, 0.3) is 0 Å². The Kier molecular flexibility index (Phi) is 6.18. The largest absolute Gasteiger partial charge is 0.454 e. The maximum Gasteiger partial charge on any atom is 0.164 e. The average molecular weight is 665 g/mol. The molecule has 0 aliphatic heterocycles. The number of fused-ring (bicyclic) bond motifs is 8. The standard InChI is InChI=1S/C47H28N4O/c1-2-13-30(14-3-1)45-48-46(50-47(49-45)38-21-10-17-29-12-6-7-18-34(29)38)33-24-25-36-37-20-11-23-41(44(37)52-43(36)28-33)51-40-22-9-8-19-35(40)39-26-31-15-4-5-16-32(31)27-42(39)51/h1-28H. The van der Waals surface area contributed by atoms with Crippen molar-refractivity contribution in [2.75, 3.05) is 0 Å². The van der Waals surface area contributed by atoms with E-state index in [4.69, 9.17) is 19.4 Å². The van der Waals surface area contributed by atoms with E-state index in [1.54, 1.807) is 0 Å². The molecule has 5 heteroatoms. The molecule has 11 aromatic rings. The van der Waals surface area contributed by atoms with Crippen LogP contribution in [-0.4, -0.2) is 19.5 Å². The van der Waals surface area contributed by atoms with Gasteiger partial charge in [-0.1, -0.05) is 133 Å². The normalized spacial score (nSPS) is 11.8. The number of para-hydroxylation sites is 2. The lowest BCUT2D eigenvalue weighted by Crippen LogP contribution is -2.00. The zero-order valence-corrected chi connectivity index (χ0v) is 27.9. The zero-order valence-electron chi connectivity index (χ0n) is 27.9. The predicted octanol–water partition coefficient (Wildman–Crippen LogP) is 12.2. The fourth-order valence-electron chi connectivity index (χ4n) is 7.78. The van der Waals surface area contributed by atoms with Crippen LogP contribution < -0.4 is 0 Å². The molecule has 0 fully saturated rings. The summed E-state index contributed by atoms with van der Waals surface area (Å²) in [5, 5.41) is 9.20. The van der Waals surface area contributed by atoms with Crippen LogP contribution >= 0.6 is 0 Å². The summed E-state index contributed by atoms with van der Waals surface area (Å²) in [6.45, 7) is 0. The maximum absolute atomic E-state index is 6.85. The molecule has 0 bridgehead atoms. The molecule has 5 nitrogen and oxygen atoms in total. The van der Waals surface area contributed by atoms with Crippen molar-refractivity contribution in [2.24, 2.45) is 0 Å². The van der Waals surface area contributed by atoms with Crippen molar-refractivity contribution in [3.8, 4) is 39.9 Å². The van der Waals surface area contributed by atoms with Crippen LogP contribution in [0, 0.1) is 0 Å². The first-order valence-corrected chi connectivity index (χ1v) is 17.4. The molecule has 0 amide bonds. The van der Waals surface area contributed by atoms with Crippen molar-refractivity contribution < 1.29 is 4.42 Å². The second-order valence-electron chi connectivity index (χ2n) is 13.2. The summed E-state index contributed by atoms with van der Waals surface area (Å²) in [6, 6.07) is 59.1. The Bertz CT molecular complexity index is 3190. The molecule has 0 aliphatic rings. The van der Waals surface area contributed by atoms with Crippen molar-refractivity contribution in [3.05, 3.63) is 170 Å². The van der Waals surface area contributed by atoms with Gasteiger partial charge in [0.2, 0.25) is 0 Å². The minimum atomic E-state index is 0.591. The molecule has 52 heavy (non-hydrogen) atoms. The molecule has 0 aliphatic carbocycles. The first-order chi connectivity index (χ1) is 25.8. The molecular formula is C47H28N4O. The van der Waals surface area contributed by atoms with Gasteiger partial charge >= 0.3 is 0 Å². The highest BCUT2D eigenvalue weighted by Gasteiger charge is 2.20. The summed E-state index contributed by atoms with van der Waals surface area (Å²) in [6.07, 6.45) is 0. The predicted molar refractivity (Wildman–Crippen MR) is 213 cm³/mol. The van der Waals surface area contributed by atoms with E-state index < -0.39 is 0 Å². The van der Waals surface area contributed by atoms with Crippen LogP contribution in [0.2, 0.25) is 0 Å². The summed E-state index contributed by atoms with van der Waals surface area (Å²) in [7, 11) is 0. The Morgan fingerprint density at radius 1 is 0.385 bits per heavy atom. The lowest BCUT2D eigenvalue weighted by Gasteiger charge is -2.10. The van der Waals surface area contributed by atoms with Crippen LogP contribution in [0.5, 0.6) is 0 Å². The van der Waals surface area contributed by atoms with E-state index in [0.717, 1.165) is 66.1 Å². The number of aromatic nitrogens is 4. The number of rotatable bonds is 4. The molecule has 242 valence electrons. The van der Waals surface area contributed by atoms with E-state index in [1.807, 2.05) is 30.3 Å². The summed E-state index contributed by atoms with van der Waals surface area (Å²) in [5.74, 6) is 1.85. The van der Waals surface area contributed by atoms with Crippen LogP contribution in [0.15, 0.2) is 174 Å². The van der Waals surface area contributed by atoms with Gasteiger partial charge in [-0.3, -0.25) is 0 Å². The van der Waals surface area contributed by atoms with Crippen LogP contribution in [0.4, 0.5) is 0 Å². The van der Waals surface area contributed by atoms with Gasteiger partial charge in [-0.15, -0.1) is 0 Å². The van der Waals surface area contributed by atoms with Gasteiger partial charge < -0.3 is 8.98 Å². The fourth-order valence-corrected chi connectivity index (χ4v) is 7.78. The highest BCUT2D eigenvalue weighted by Crippen LogP contribution is 2.40. The number of furan rings is 1. The monoisotopic (exact) mass is 664 g/mol. The molecule has 3 aromatic heterocycles. The minimum Gasteiger partial charge on any atom is -0.454 e. The highest BCUT2D eigenvalue weighted by molar-refractivity contribution is 6.15. The van der Waals surface area contributed by atoms with E-state index >= 15 is 0 Å². The third-order valence-electron chi connectivity index (χ3n) is 10.2. The molecule has 0 N–H and O–H groups in total. The van der Waals surface area contributed by atoms with E-state index in [0.29, 0.717) is 17.5 Å². The SMILES string of the molecule is c1ccc(-c2nc(-c3ccc4c(c3)oc3c(-n5c6ccccc6c6cc7ccccc7cc65)cccc34)nc(-c3cccc4ccccc34)n2)cc1. The Morgan fingerprint density at radius 2 is 1.04 bits per heavy atom. The molecular weight excluding hydrogens is 637 g/mol. The van der Waals surface area contributed by atoms with Crippen molar-refractivity contribution in [3.63, 3.8) is 0 Å². The van der Waals surface area contributed by atoms with E-state index in [2.05, 4.69) is 144 Å². The van der Waals surface area contributed by atoms with Crippen LogP contribution in [0.25, 0.3) is 105 Å². The van der Waals surface area contributed by atoms with E-state index in [9.17, 15) is 0 Å². The van der Waals surface area contributed by atoms with Crippen molar-refractivity contribution in [2.45, 2.75) is 0 Å². The molecule has 0 radical (unpaired) electrons. The Balaban J connectivity index is 1.12. The fraction of sp³-hybridized carbons (Fsp3) is 0. The number of nitrogens with zero attached hydrogens (tertiary/aromatic N) is 4. The Labute approximate surface area is 298 Å². The first-order valence-electron chi connectivity index (χ1n) is 17.4. The Morgan fingerprint density at radius 3 is 1.90 bits per heavy atom. The lowest BCUT2D eigenvalue weighted by atomic mass is 10.0. The molecule has 3 heterocycles. The van der Waals surface area contributed by atoms with Crippen LogP contribution in [0.3, 0.4) is 0 Å². The molecule has 0 saturated heterocycles. The van der Waals surface area contributed by atoms with Gasteiger partial charge in [0.15, 0.2) is 23.1 Å². The first kappa shape index (κ1) is 28.7. The topological polar surface area (TPSA) is 56.7 Å². The molecule has 0 unspecified atom stereocenters. The third-order valence-corrected chi connectivity index (χ3v) is 10.2. The van der Waals surface area contributed by atoms with Gasteiger partial charge in [-0.05, 0) is 57.9 Å². The minimum absolute atomic E-state index is 0.591. The van der Waals surface area contributed by atoms with Crippen molar-refractivity contribution >= 4 is 65.3 Å². The highest BCUT2D eigenvalue weighted by atomic mass is 16.3. The Hall–Kier alpha value is -7.11. The van der Waals surface area contributed by atoms with Crippen LogP contribution in [0.1, 0.15) is 0 Å². The van der Waals surface area contributed by atoms with E-state index in [1.165, 1.54) is 21.5 Å². The molecule has 0 atom stereocenters. The summed E-state index contributed by atoms with van der Waals surface area (Å²) >= 11 is 0. The molecule has 0 spiro atoms. The van der Waals surface area contributed by atoms with Gasteiger partial charge in [-0.25, -0.2) is 15.0 Å². The van der Waals surface area contributed by atoms with Crippen molar-refractivity contribution in [1.29, 1.82) is 0 Å². The van der Waals surface area contributed by atoms with Crippen LogP contribution in [-0.2, 0) is 0 Å². The van der Waals surface area contributed by atoms with Gasteiger partial charge in [-0.2, -0.15) is 0 Å². The maximum atomic E-state index is 6.85. The molecule has 8 aromatic carbocycles. The van der Waals surface area contributed by atoms with Crippen molar-refractivity contribution in [1.82, 2.24) is 19.5 Å². The number of hydrogen-bond donors (Lipinski definition) is 0. The average Bonchev–Trinajstić information content (AvgIpc) is 3.75.